The zero-order chi connectivity index (χ0) is 23.5. The van der Waals surface area contributed by atoms with Crippen LogP contribution in [0.1, 0.15) is 46.8 Å². The Hall–Kier alpha value is -4.25. The number of hydrogen-bond donors (Lipinski definition) is 2. The molecule has 0 fully saturated rings. The molecule has 0 spiro atoms. The van der Waals surface area contributed by atoms with Crippen LogP contribution in [0, 0.1) is 0 Å². The molecule has 0 saturated carbocycles. The molecule has 0 atom stereocenters. The van der Waals surface area contributed by atoms with Crippen molar-refractivity contribution in [2.45, 2.75) is 19.8 Å². The summed E-state index contributed by atoms with van der Waals surface area (Å²) in [4.78, 5) is 25.3. The van der Waals surface area contributed by atoms with Gasteiger partial charge in [-0.1, -0.05) is 98.8 Å². The highest BCUT2D eigenvalue weighted by atomic mass is 16.2. The van der Waals surface area contributed by atoms with Crippen LogP contribution in [0.5, 0.6) is 0 Å². The molecule has 5 heteroatoms. The van der Waals surface area contributed by atoms with Crippen molar-refractivity contribution in [3.63, 3.8) is 0 Å². The number of hydrogen-bond acceptors (Lipinski definition) is 3. The molecule has 3 rings (SSSR count). The van der Waals surface area contributed by atoms with E-state index >= 15 is 0 Å². The SMILES string of the molecule is CC(C)c1ccc(C=NNC(=O)C(=CC=Cc2ccccc2)NC(=O)c2ccccc2)cc1. The van der Waals surface area contributed by atoms with Crippen LogP contribution < -0.4 is 10.7 Å². The summed E-state index contributed by atoms with van der Waals surface area (Å²) in [5, 5.41) is 6.72. The Labute approximate surface area is 194 Å². The Morgan fingerprint density at radius 2 is 1.45 bits per heavy atom. The highest BCUT2D eigenvalue weighted by molar-refractivity contribution is 6.03. The topological polar surface area (TPSA) is 70.6 Å². The lowest BCUT2D eigenvalue weighted by Crippen LogP contribution is -2.32. The van der Waals surface area contributed by atoms with Crippen molar-refractivity contribution in [3.05, 3.63) is 125 Å². The molecule has 0 bridgehead atoms. The highest BCUT2D eigenvalue weighted by Gasteiger charge is 2.13. The Kier molecular flexibility index (Phi) is 8.48. The van der Waals surface area contributed by atoms with Crippen LogP contribution >= 0.6 is 0 Å². The number of allylic oxidation sites excluding steroid dienone is 2. The Balaban J connectivity index is 1.72. The Morgan fingerprint density at radius 3 is 2.09 bits per heavy atom. The third kappa shape index (κ3) is 7.43. The predicted molar refractivity (Wildman–Crippen MR) is 134 cm³/mol. The number of nitrogens with zero attached hydrogens (tertiary/aromatic N) is 1. The predicted octanol–water partition coefficient (Wildman–Crippen LogP) is 5.29. The molecule has 0 aliphatic rings. The van der Waals surface area contributed by atoms with E-state index in [2.05, 4.69) is 29.7 Å². The molecular weight excluding hydrogens is 410 g/mol. The molecule has 0 aromatic heterocycles. The number of benzene rings is 3. The van der Waals surface area contributed by atoms with Gasteiger partial charge in [0.25, 0.3) is 11.8 Å². The van der Waals surface area contributed by atoms with Gasteiger partial charge >= 0.3 is 0 Å². The van der Waals surface area contributed by atoms with E-state index in [4.69, 9.17) is 0 Å². The van der Waals surface area contributed by atoms with Gasteiger partial charge in [0.2, 0.25) is 0 Å². The molecule has 166 valence electrons. The van der Waals surface area contributed by atoms with Crippen molar-refractivity contribution in [2.75, 3.05) is 0 Å². The Morgan fingerprint density at radius 1 is 0.818 bits per heavy atom. The number of amides is 2. The van der Waals surface area contributed by atoms with Gasteiger partial charge in [-0.25, -0.2) is 5.43 Å². The van der Waals surface area contributed by atoms with Gasteiger partial charge < -0.3 is 5.32 Å². The number of carbonyl (C=O) groups excluding carboxylic acids is 2. The summed E-state index contributed by atoms with van der Waals surface area (Å²) >= 11 is 0. The largest absolute Gasteiger partial charge is 0.317 e. The van der Waals surface area contributed by atoms with Gasteiger partial charge in [-0.3, -0.25) is 9.59 Å². The van der Waals surface area contributed by atoms with Crippen molar-refractivity contribution in [1.82, 2.24) is 10.7 Å². The van der Waals surface area contributed by atoms with Crippen molar-refractivity contribution in [2.24, 2.45) is 5.10 Å². The quantitative estimate of drug-likeness (QED) is 0.218. The molecule has 0 aliphatic carbocycles. The second-order valence-electron chi connectivity index (χ2n) is 7.69. The maximum absolute atomic E-state index is 12.7. The first-order valence-corrected chi connectivity index (χ1v) is 10.8. The fraction of sp³-hybridized carbons (Fsp3) is 0.107. The van der Waals surface area contributed by atoms with Gasteiger partial charge in [0.1, 0.15) is 5.70 Å². The summed E-state index contributed by atoms with van der Waals surface area (Å²) in [5.41, 5.74) is 6.10. The van der Waals surface area contributed by atoms with Crippen LogP contribution in [0.3, 0.4) is 0 Å². The summed E-state index contributed by atoms with van der Waals surface area (Å²) in [6, 6.07) is 26.4. The summed E-state index contributed by atoms with van der Waals surface area (Å²) in [5.74, 6) is -0.453. The van der Waals surface area contributed by atoms with E-state index in [-0.39, 0.29) is 11.6 Å². The number of nitrogens with one attached hydrogen (secondary N) is 2. The lowest BCUT2D eigenvalue weighted by molar-refractivity contribution is -0.117. The van der Waals surface area contributed by atoms with Crippen molar-refractivity contribution < 1.29 is 9.59 Å². The van der Waals surface area contributed by atoms with Crippen LogP contribution in [-0.2, 0) is 4.79 Å². The second-order valence-corrected chi connectivity index (χ2v) is 7.69. The van der Waals surface area contributed by atoms with Gasteiger partial charge in [-0.15, -0.1) is 0 Å². The summed E-state index contributed by atoms with van der Waals surface area (Å²) in [6.45, 7) is 4.26. The van der Waals surface area contributed by atoms with Crippen molar-refractivity contribution >= 4 is 24.1 Å². The first kappa shape index (κ1) is 23.4. The lowest BCUT2D eigenvalue weighted by atomic mass is 10.0. The first-order chi connectivity index (χ1) is 16.0. The van der Waals surface area contributed by atoms with Crippen LogP contribution in [0.25, 0.3) is 6.08 Å². The second kappa shape index (κ2) is 12.0. The van der Waals surface area contributed by atoms with Crippen molar-refractivity contribution in [1.29, 1.82) is 0 Å². The molecule has 33 heavy (non-hydrogen) atoms. The summed E-state index contributed by atoms with van der Waals surface area (Å²) in [7, 11) is 0. The lowest BCUT2D eigenvalue weighted by Gasteiger charge is -2.08. The standard InChI is InChI=1S/C28H27N3O2/c1-21(2)24-18-16-23(17-19-24)20-29-31-28(33)26(15-9-12-22-10-5-3-6-11-22)30-27(32)25-13-7-4-8-14-25/h3-21H,1-2H3,(H,30,32)(H,31,33). The molecule has 5 nitrogen and oxygen atoms in total. The van der Waals surface area contributed by atoms with E-state index in [0.717, 1.165) is 11.1 Å². The molecule has 0 unspecified atom stereocenters. The average Bonchev–Trinajstić information content (AvgIpc) is 2.84. The van der Waals surface area contributed by atoms with E-state index < -0.39 is 5.91 Å². The van der Waals surface area contributed by atoms with Gasteiger partial charge in [-0.05, 0) is 40.8 Å². The monoisotopic (exact) mass is 437 g/mol. The molecule has 0 heterocycles. The van der Waals surface area contributed by atoms with Crippen molar-refractivity contribution in [3.8, 4) is 0 Å². The van der Waals surface area contributed by atoms with Crippen LogP contribution in [0.2, 0.25) is 0 Å². The Bertz CT molecular complexity index is 1150. The number of hydrazone groups is 1. The fourth-order valence-electron chi connectivity index (χ4n) is 2.97. The molecule has 2 N–H and O–H groups in total. The normalized spacial score (nSPS) is 11.8. The van der Waals surface area contributed by atoms with Gasteiger partial charge in [-0.2, -0.15) is 5.10 Å². The maximum Gasteiger partial charge on any atom is 0.287 e. The first-order valence-electron chi connectivity index (χ1n) is 10.8. The van der Waals surface area contributed by atoms with E-state index in [1.807, 2.05) is 66.7 Å². The number of rotatable bonds is 8. The van der Waals surface area contributed by atoms with E-state index in [0.29, 0.717) is 11.5 Å². The van der Waals surface area contributed by atoms with Gasteiger partial charge in [0.15, 0.2) is 0 Å². The molecule has 3 aromatic rings. The molecule has 3 aromatic carbocycles. The summed E-state index contributed by atoms with van der Waals surface area (Å²) in [6.07, 6.45) is 6.68. The summed E-state index contributed by atoms with van der Waals surface area (Å²) < 4.78 is 0. The molecule has 2 amide bonds. The number of carbonyl (C=O) groups is 2. The highest BCUT2D eigenvalue weighted by Crippen LogP contribution is 2.13. The molecule has 0 saturated heterocycles. The van der Waals surface area contributed by atoms with E-state index in [9.17, 15) is 9.59 Å². The maximum atomic E-state index is 12.7. The molecule has 0 radical (unpaired) electrons. The molecular formula is C28H27N3O2. The minimum atomic E-state index is -0.521. The zero-order valence-electron chi connectivity index (χ0n) is 18.7. The fourth-order valence-corrected chi connectivity index (χ4v) is 2.97. The van der Waals surface area contributed by atoms with Crippen LogP contribution in [0.15, 0.2) is 108 Å². The van der Waals surface area contributed by atoms with Crippen LogP contribution in [-0.4, -0.2) is 18.0 Å². The minimum Gasteiger partial charge on any atom is -0.317 e. The average molecular weight is 438 g/mol. The minimum absolute atomic E-state index is 0.0864. The van der Waals surface area contributed by atoms with Gasteiger partial charge in [0.05, 0.1) is 6.21 Å². The zero-order valence-corrected chi connectivity index (χ0v) is 18.7. The smallest absolute Gasteiger partial charge is 0.287 e. The third-order valence-electron chi connectivity index (χ3n) is 4.86. The van der Waals surface area contributed by atoms with Crippen LogP contribution in [0.4, 0.5) is 0 Å². The molecule has 0 aliphatic heterocycles. The van der Waals surface area contributed by atoms with E-state index in [1.54, 1.807) is 42.6 Å². The third-order valence-corrected chi connectivity index (χ3v) is 4.86. The van der Waals surface area contributed by atoms with Gasteiger partial charge in [0, 0.05) is 5.56 Å². The van der Waals surface area contributed by atoms with E-state index in [1.165, 1.54) is 5.56 Å².